The quantitative estimate of drug-likeness (QED) is 0.173. The predicted octanol–water partition coefficient (Wildman–Crippen LogP) is 17.2. The van der Waals surface area contributed by atoms with Gasteiger partial charge in [0.1, 0.15) is 22.7 Å². The Kier molecular flexibility index (Phi) is 7.90. The van der Waals surface area contributed by atoms with Crippen molar-refractivity contribution in [1.82, 2.24) is 0 Å². The molecule has 11 aromatic carbocycles. The van der Waals surface area contributed by atoms with Gasteiger partial charge in [-0.3, -0.25) is 0 Å². The number of nitrogens with zero attached hydrogens (tertiary/aromatic N) is 1. The van der Waals surface area contributed by atoms with E-state index in [1.807, 2.05) is 6.07 Å². The monoisotopic (exact) mass is 841 g/mol. The predicted molar refractivity (Wildman–Crippen MR) is 272 cm³/mol. The van der Waals surface area contributed by atoms with Gasteiger partial charge in [0.05, 0.1) is 16.5 Å². The van der Waals surface area contributed by atoms with Crippen LogP contribution in [-0.4, -0.2) is 0 Å². The third-order valence-electron chi connectivity index (χ3n) is 14.1. The Hall–Kier alpha value is -8.66. The second-order valence-electron chi connectivity index (χ2n) is 17.5. The molecule has 1 aliphatic carbocycles. The average Bonchev–Trinajstić information content (AvgIpc) is 3.92. The van der Waals surface area contributed by atoms with E-state index in [-0.39, 0.29) is 0 Å². The fraction of sp³-hybridized carbons (Fsp3) is 0.0159. The highest BCUT2D eigenvalue weighted by Crippen LogP contribution is 2.62. The van der Waals surface area contributed by atoms with Crippen molar-refractivity contribution in [2.24, 2.45) is 0 Å². The molecule has 0 bridgehead atoms. The topological polar surface area (TPSA) is 25.6 Å². The van der Waals surface area contributed by atoms with Crippen LogP contribution < -0.4 is 9.64 Å². The molecule has 0 amide bonds. The lowest BCUT2D eigenvalue weighted by molar-refractivity contribution is 0.436. The Balaban J connectivity index is 0.947. The first-order valence-corrected chi connectivity index (χ1v) is 22.7. The lowest BCUT2D eigenvalue weighted by atomic mass is 9.66. The van der Waals surface area contributed by atoms with Gasteiger partial charge in [0.15, 0.2) is 0 Å². The van der Waals surface area contributed by atoms with E-state index < -0.39 is 5.41 Å². The maximum Gasteiger partial charge on any atom is 0.145 e. The minimum Gasteiger partial charge on any atom is -0.457 e. The molecule has 0 N–H and O–H groups in total. The van der Waals surface area contributed by atoms with Gasteiger partial charge in [-0.2, -0.15) is 0 Å². The number of hydrogen-bond donors (Lipinski definition) is 0. The first-order valence-electron chi connectivity index (χ1n) is 22.7. The molecule has 0 radical (unpaired) electrons. The number of fused-ring (bicyclic) bond motifs is 15. The van der Waals surface area contributed by atoms with Crippen LogP contribution in [0.3, 0.4) is 0 Å². The van der Waals surface area contributed by atoms with Crippen molar-refractivity contribution in [3.05, 3.63) is 259 Å². The van der Waals surface area contributed by atoms with Gasteiger partial charge >= 0.3 is 0 Å². The summed E-state index contributed by atoms with van der Waals surface area (Å²) in [5.41, 5.74) is 16.5. The van der Waals surface area contributed by atoms with Gasteiger partial charge in [-0.1, -0.05) is 182 Å². The first kappa shape index (κ1) is 36.8. The van der Waals surface area contributed by atoms with Crippen molar-refractivity contribution in [2.45, 2.75) is 5.41 Å². The number of anilines is 3. The second-order valence-corrected chi connectivity index (χ2v) is 17.5. The van der Waals surface area contributed by atoms with Gasteiger partial charge in [-0.25, -0.2) is 0 Å². The molecule has 0 saturated carbocycles. The van der Waals surface area contributed by atoms with E-state index in [0.717, 1.165) is 83.5 Å². The molecule has 1 aliphatic heterocycles. The number of hydrogen-bond acceptors (Lipinski definition) is 3. The van der Waals surface area contributed by atoms with Gasteiger partial charge in [0, 0.05) is 33.3 Å². The van der Waals surface area contributed by atoms with Crippen LogP contribution in [-0.2, 0) is 5.41 Å². The molecule has 1 spiro atoms. The molecule has 0 atom stereocenters. The van der Waals surface area contributed by atoms with Crippen molar-refractivity contribution in [3.63, 3.8) is 0 Å². The first-order chi connectivity index (χ1) is 32.7. The normalized spacial score (nSPS) is 13.1. The summed E-state index contributed by atoms with van der Waals surface area (Å²) in [4.78, 5) is 2.40. The Bertz CT molecular complexity index is 3870. The van der Waals surface area contributed by atoms with Crippen LogP contribution in [0.4, 0.5) is 17.1 Å². The number of ether oxygens (including phenoxy) is 1. The summed E-state index contributed by atoms with van der Waals surface area (Å²) < 4.78 is 13.4. The zero-order valence-corrected chi connectivity index (χ0v) is 35.8. The molecule has 0 saturated heterocycles. The highest BCUT2D eigenvalue weighted by Gasteiger charge is 2.51. The summed E-state index contributed by atoms with van der Waals surface area (Å²) in [5.74, 6) is 1.79. The summed E-state index contributed by atoms with van der Waals surface area (Å²) in [6.07, 6.45) is 0. The third kappa shape index (κ3) is 5.26. The summed E-state index contributed by atoms with van der Waals surface area (Å²) >= 11 is 0. The number of para-hydroxylation sites is 3. The van der Waals surface area contributed by atoms with Crippen LogP contribution in [0.15, 0.2) is 241 Å². The summed E-state index contributed by atoms with van der Waals surface area (Å²) in [5, 5.41) is 6.88. The van der Waals surface area contributed by atoms with Crippen molar-refractivity contribution in [3.8, 4) is 44.9 Å². The molecular weight excluding hydrogens is 803 g/mol. The van der Waals surface area contributed by atoms with Crippen LogP contribution in [0.1, 0.15) is 22.3 Å². The van der Waals surface area contributed by atoms with E-state index in [4.69, 9.17) is 9.15 Å². The second kappa shape index (κ2) is 14.2. The molecule has 1 aromatic heterocycles. The average molecular weight is 842 g/mol. The zero-order chi connectivity index (χ0) is 43.3. The molecule has 2 aliphatic rings. The van der Waals surface area contributed by atoms with E-state index in [1.165, 1.54) is 44.2 Å². The molecule has 14 rings (SSSR count). The van der Waals surface area contributed by atoms with Gasteiger partial charge in [-0.15, -0.1) is 0 Å². The maximum absolute atomic E-state index is 6.74. The van der Waals surface area contributed by atoms with Crippen LogP contribution in [0, 0.1) is 0 Å². The van der Waals surface area contributed by atoms with Gasteiger partial charge < -0.3 is 14.1 Å². The van der Waals surface area contributed by atoms with E-state index in [1.54, 1.807) is 0 Å². The number of rotatable bonds is 5. The van der Waals surface area contributed by atoms with E-state index in [0.29, 0.717) is 0 Å². The van der Waals surface area contributed by atoms with Crippen LogP contribution in [0.5, 0.6) is 11.5 Å². The van der Waals surface area contributed by atoms with E-state index >= 15 is 0 Å². The van der Waals surface area contributed by atoms with Crippen LogP contribution >= 0.6 is 0 Å². The third-order valence-corrected chi connectivity index (χ3v) is 14.1. The Labute approximate surface area is 382 Å². The van der Waals surface area contributed by atoms with Gasteiger partial charge in [0.2, 0.25) is 0 Å². The van der Waals surface area contributed by atoms with Crippen LogP contribution in [0.25, 0.3) is 76.9 Å². The Morgan fingerprint density at radius 1 is 0.348 bits per heavy atom. The van der Waals surface area contributed by atoms with Gasteiger partial charge in [-0.05, 0) is 115 Å². The Morgan fingerprint density at radius 3 is 1.65 bits per heavy atom. The highest BCUT2D eigenvalue weighted by molar-refractivity contribution is 6.22. The molecule has 12 aromatic rings. The summed E-state index contributed by atoms with van der Waals surface area (Å²) in [6, 6.07) is 85.7. The van der Waals surface area contributed by atoms with E-state index in [9.17, 15) is 0 Å². The largest absolute Gasteiger partial charge is 0.457 e. The minimum absolute atomic E-state index is 0.531. The molecule has 0 fully saturated rings. The highest BCUT2D eigenvalue weighted by atomic mass is 16.5. The molecular formula is C63H39NO2. The fourth-order valence-electron chi connectivity index (χ4n) is 11.2. The van der Waals surface area contributed by atoms with E-state index in [2.05, 4.69) is 235 Å². The molecule has 308 valence electrons. The number of benzene rings is 11. The minimum atomic E-state index is -0.531. The van der Waals surface area contributed by atoms with Crippen molar-refractivity contribution in [2.75, 3.05) is 4.90 Å². The van der Waals surface area contributed by atoms with Gasteiger partial charge in [0.25, 0.3) is 0 Å². The zero-order valence-electron chi connectivity index (χ0n) is 35.8. The molecule has 0 unspecified atom stereocenters. The molecule has 2 heterocycles. The van der Waals surface area contributed by atoms with Crippen LogP contribution in [0.2, 0.25) is 0 Å². The Morgan fingerprint density at radius 2 is 0.894 bits per heavy atom. The maximum atomic E-state index is 6.74. The molecule has 3 heteroatoms. The summed E-state index contributed by atoms with van der Waals surface area (Å²) in [6.45, 7) is 0. The van der Waals surface area contributed by atoms with Crippen molar-refractivity contribution < 1.29 is 9.15 Å². The standard InChI is InChI=1S/C63H39NO2/c1-3-17-47-41(14-1)16-13-21-48(47)42-30-35-46(36-31-42)64(57-39-44-15-2-4-18-49(44)62-61(57)52-20-6-10-25-58(52)66-62)45-33-28-40(29-34-45)43-32-37-51-50-19-5-7-22-53(50)63(56(51)38-43)54-23-8-11-26-59(54)65-60-27-12-9-24-55(60)63/h1-39H. The lowest BCUT2D eigenvalue weighted by Crippen LogP contribution is -2.32. The molecule has 66 heavy (non-hydrogen) atoms. The van der Waals surface area contributed by atoms with Crippen molar-refractivity contribution in [1.29, 1.82) is 0 Å². The number of furan rings is 1. The summed E-state index contributed by atoms with van der Waals surface area (Å²) in [7, 11) is 0. The molecule has 3 nitrogen and oxygen atoms in total. The fourth-order valence-corrected chi connectivity index (χ4v) is 11.2. The lowest BCUT2D eigenvalue weighted by Gasteiger charge is -2.39. The van der Waals surface area contributed by atoms with Crippen molar-refractivity contribution >= 4 is 60.5 Å². The SMILES string of the molecule is c1ccc2c(c1)Oc1ccccc1C21c2ccccc2-c2ccc(-c3ccc(N(c4ccc(-c5cccc6ccccc56)cc4)c4cc5ccccc5c5oc6ccccc6c45)cc3)cc21. The smallest absolute Gasteiger partial charge is 0.145 e.